The van der Waals surface area contributed by atoms with Crippen LogP contribution in [-0.2, 0) is 14.0 Å². The predicted molar refractivity (Wildman–Crippen MR) is 98.0 cm³/mol. The van der Waals surface area contributed by atoms with Gasteiger partial charge in [0, 0.05) is 13.1 Å². The van der Waals surface area contributed by atoms with Crippen molar-refractivity contribution in [3.63, 3.8) is 0 Å². The van der Waals surface area contributed by atoms with E-state index in [0.717, 1.165) is 0 Å². The van der Waals surface area contributed by atoms with Crippen molar-refractivity contribution in [2.45, 2.75) is 65.0 Å². The van der Waals surface area contributed by atoms with Gasteiger partial charge in [-0.1, -0.05) is 6.07 Å². The molecule has 1 aromatic rings. The van der Waals surface area contributed by atoms with E-state index >= 15 is 0 Å². The van der Waals surface area contributed by atoms with Crippen molar-refractivity contribution in [3.8, 4) is 0 Å². The minimum absolute atomic E-state index is 0.0604. The van der Waals surface area contributed by atoms with Gasteiger partial charge in [-0.25, -0.2) is 4.39 Å². The average Bonchev–Trinajstić information content (AvgIpc) is 2.73. The molecule has 0 N–H and O–H groups in total. The first kappa shape index (κ1) is 19.3. The third-order valence-corrected chi connectivity index (χ3v) is 5.46. The van der Waals surface area contributed by atoms with Crippen LogP contribution in [0.15, 0.2) is 18.2 Å². The molecule has 0 bridgehead atoms. The van der Waals surface area contributed by atoms with Gasteiger partial charge >= 0.3 is 7.12 Å². The highest BCUT2D eigenvalue weighted by Gasteiger charge is 2.51. The number of rotatable bonds is 2. The number of halogens is 1. The summed E-state index contributed by atoms with van der Waals surface area (Å²) in [4.78, 5) is 14.4. The fourth-order valence-electron chi connectivity index (χ4n) is 3.34. The van der Waals surface area contributed by atoms with Crippen LogP contribution in [0, 0.1) is 5.82 Å². The van der Waals surface area contributed by atoms with Crippen LogP contribution in [0.3, 0.4) is 0 Å². The number of carbonyl (C=O) groups is 1. The Hall–Kier alpha value is -1.44. The summed E-state index contributed by atoms with van der Waals surface area (Å²) in [7, 11) is -0.651. The summed E-state index contributed by atoms with van der Waals surface area (Å²) >= 11 is 0. The molecule has 0 saturated carbocycles. The Labute approximate surface area is 154 Å². The van der Waals surface area contributed by atoms with E-state index in [4.69, 9.17) is 14.0 Å². The van der Waals surface area contributed by atoms with Gasteiger partial charge in [-0.15, -0.1) is 0 Å². The molecule has 2 aliphatic rings. The van der Waals surface area contributed by atoms with E-state index in [1.54, 1.807) is 11.0 Å². The summed E-state index contributed by atoms with van der Waals surface area (Å²) in [6, 6.07) is 4.55. The van der Waals surface area contributed by atoms with Crippen LogP contribution in [0.5, 0.6) is 0 Å². The second kappa shape index (κ2) is 6.62. The summed E-state index contributed by atoms with van der Waals surface area (Å²) in [5.41, 5.74) is -0.362. The molecule has 7 heteroatoms. The van der Waals surface area contributed by atoms with Gasteiger partial charge in [-0.2, -0.15) is 0 Å². The van der Waals surface area contributed by atoms with Crippen LogP contribution in [0.25, 0.3) is 0 Å². The van der Waals surface area contributed by atoms with E-state index in [0.29, 0.717) is 18.6 Å². The second-order valence-electron chi connectivity index (χ2n) is 8.29. The zero-order valence-electron chi connectivity index (χ0n) is 16.3. The fourth-order valence-corrected chi connectivity index (χ4v) is 3.34. The van der Waals surface area contributed by atoms with E-state index in [9.17, 15) is 9.18 Å². The quantitative estimate of drug-likeness (QED) is 0.757. The molecule has 2 saturated heterocycles. The molecule has 1 amide bonds. The van der Waals surface area contributed by atoms with Gasteiger partial charge in [0.1, 0.15) is 5.82 Å². The molecule has 0 radical (unpaired) electrons. The van der Waals surface area contributed by atoms with Crippen molar-refractivity contribution in [1.29, 1.82) is 0 Å². The highest BCUT2D eigenvalue weighted by atomic mass is 19.1. The zero-order chi connectivity index (χ0) is 19.3. The molecule has 2 fully saturated rings. The summed E-state index contributed by atoms with van der Waals surface area (Å²) in [6.45, 7) is 12.5. The monoisotopic (exact) mass is 363 g/mol. The molecule has 0 spiro atoms. The van der Waals surface area contributed by atoms with Crippen LogP contribution in [0.2, 0.25) is 0 Å². The highest BCUT2D eigenvalue weighted by Crippen LogP contribution is 2.36. The van der Waals surface area contributed by atoms with E-state index < -0.39 is 24.1 Å². The lowest BCUT2D eigenvalue weighted by Gasteiger charge is -2.35. The van der Waals surface area contributed by atoms with Crippen LogP contribution in [-0.4, -0.2) is 54.4 Å². The standard InChI is InChI=1S/C19H27BFNO4/c1-12-10-22(11-13(2)24-12)17(23)15-8-7-14(9-16(15)21)20-25-18(3,4)19(5,6)26-20/h7-9,12-13H,10-11H2,1-6H3. The number of carbonyl (C=O) groups excluding carboxylic acids is 1. The van der Waals surface area contributed by atoms with Gasteiger partial charge in [0.25, 0.3) is 5.91 Å². The molecule has 26 heavy (non-hydrogen) atoms. The van der Waals surface area contributed by atoms with Gasteiger partial charge in [0.15, 0.2) is 0 Å². The van der Waals surface area contributed by atoms with Gasteiger partial charge in [-0.3, -0.25) is 4.79 Å². The summed E-state index contributed by atoms with van der Waals surface area (Å²) in [5, 5.41) is 0. The Morgan fingerprint density at radius 3 is 2.15 bits per heavy atom. The third kappa shape index (κ3) is 3.52. The number of hydrogen-bond acceptors (Lipinski definition) is 4. The Kier molecular flexibility index (Phi) is 4.92. The molecule has 1 aromatic carbocycles. The van der Waals surface area contributed by atoms with Crippen LogP contribution >= 0.6 is 0 Å². The molecule has 5 nitrogen and oxygen atoms in total. The Morgan fingerprint density at radius 2 is 1.65 bits per heavy atom. The minimum atomic E-state index is -0.651. The smallest absolute Gasteiger partial charge is 0.399 e. The number of ether oxygens (including phenoxy) is 1. The maximum Gasteiger partial charge on any atom is 0.494 e. The molecule has 0 aliphatic carbocycles. The second-order valence-corrected chi connectivity index (χ2v) is 8.29. The lowest BCUT2D eigenvalue weighted by Crippen LogP contribution is -2.48. The van der Waals surface area contributed by atoms with Crippen molar-refractivity contribution in [1.82, 2.24) is 4.90 Å². The molecule has 2 atom stereocenters. The zero-order valence-corrected chi connectivity index (χ0v) is 16.3. The molecule has 2 unspecified atom stereocenters. The molecule has 3 rings (SSSR count). The lowest BCUT2D eigenvalue weighted by atomic mass is 9.78. The van der Waals surface area contributed by atoms with Crippen LogP contribution in [0.4, 0.5) is 4.39 Å². The van der Waals surface area contributed by atoms with Crippen molar-refractivity contribution in [2.75, 3.05) is 13.1 Å². The molecule has 2 heterocycles. The summed E-state index contributed by atoms with van der Waals surface area (Å²) in [5.74, 6) is -0.876. The number of nitrogens with zero attached hydrogens (tertiary/aromatic N) is 1. The Balaban J connectivity index is 1.79. The lowest BCUT2D eigenvalue weighted by molar-refractivity contribution is -0.0587. The van der Waals surface area contributed by atoms with Crippen LogP contribution < -0.4 is 5.46 Å². The van der Waals surface area contributed by atoms with Gasteiger partial charge < -0.3 is 18.9 Å². The van der Waals surface area contributed by atoms with Crippen molar-refractivity contribution < 1.29 is 23.2 Å². The average molecular weight is 363 g/mol. The normalized spacial score (nSPS) is 27.7. The first-order valence-electron chi connectivity index (χ1n) is 9.10. The molecule has 2 aliphatic heterocycles. The van der Waals surface area contributed by atoms with Gasteiger partial charge in [0.05, 0.1) is 29.0 Å². The third-order valence-electron chi connectivity index (χ3n) is 5.46. The predicted octanol–water partition coefficient (Wildman–Crippen LogP) is 2.37. The summed E-state index contributed by atoms with van der Waals surface area (Å²) < 4.78 is 32.2. The molecule has 142 valence electrons. The number of morpholine rings is 1. The highest BCUT2D eigenvalue weighted by molar-refractivity contribution is 6.62. The summed E-state index contributed by atoms with van der Waals surface area (Å²) in [6.07, 6.45) is -0.121. The van der Waals surface area contributed by atoms with E-state index in [1.807, 2.05) is 41.5 Å². The van der Waals surface area contributed by atoms with E-state index in [1.165, 1.54) is 12.1 Å². The van der Waals surface area contributed by atoms with Gasteiger partial charge in [0.2, 0.25) is 0 Å². The molecular weight excluding hydrogens is 336 g/mol. The SMILES string of the molecule is CC1CN(C(=O)c2ccc(B3OC(C)(C)C(C)(C)O3)cc2F)CC(C)O1. The Morgan fingerprint density at radius 1 is 1.12 bits per heavy atom. The topological polar surface area (TPSA) is 48.0 Å². The van der Waals surface area contributed by atoms with E-state index in [-0.39, 0.29) is 23.7 Å². The van der Waals surface area contributed by atoms with Crippen molar-refractivity contribution >= 4 is 18.5 Å². The number of amides is 1. The van der Waals surface area contributed by atoms with Crippen molar-refractivity contribution in [3.05, 3.63) is 29.6 Å². The van der Waals surface area contributed by atoms with E-state index in [2.05, 4.69) is 0 Å². The first-order chi connectivity index (χ1) is 12.0. The maximum atomic E-state index is 14.7. The minimum Gasteiger partial charge on any atom is -0.399 e. The van der Waals surface area contributed by atoms with Crippen LogP contribution in [0.1, 0.15) is 51.9 Å². The molecule has 0 aromatic heterocycles. The van der Waals surface area contributed by atoms with Gasteiger partial charge in [-0.05, 0) is 59.1 Å². The number of benzene rings is 1. The fraction of sp³-hybridized carbons (Fsp3) is 0.632. The molecular formula is C19H27BFNO4. The number of hydrogen-bond donors (Lipinski definition) is 0. The Bertz CT molecular complexity index is 683. The van der Waals surface area contributed by atoms with Crippen molar-refractivity contribution in [2.24, 2.45) is 0 Å². The first-order valence-corrected chi connectivity index (χ1v) is 9.10. The maximum absolute atomic E-state index is 14.7. The largest absolute Gasteiger partial charge is 0.494 e.